The highest BCUT2D eigenvalue weighted by atomic mass is 16.7. The van der Waals surface area contributed by atoms with E-state index in [-0.39, 0.29) is 28.1 Å². The predicted molar refractivity (Wildman–Crippen MR) is 152 cm³/mol. The third-order valence-electron chi connectivity index (χ3n) is 7.63. The van der Waals surface area contributed by atoms with Gasteiger partial charge in [-0.1, -0.05) is 50.1 Å². The number of aromatic nitrogens is 4. The van der Waals surface area contributed by atoms with Gasteiger partial charge in [0.15, 0.2) is 29.3 Å². The predicted octanol–water partition coefficient (Wildman–Crippen LogP) is 2.66. The van der Waals surface area contributed by atoms with E-state index in [1.54, 1.807) is 42.5 Å². The number of carbonyl (C=O) groups is 3. The summed E-state index contributed by atoms with van der Waals surface area (Å²) in [5, 5.41) is 24.3. The number of hydrogen-bond donors (Lipinski definition) is 3. The smallest absolute Gasteiger partial charge is 0.286 e. The quantitative estimate of drug-likeness (QED) is 0.186. The van der Waals surface area contributed by atoms with Crippen LogP contribution in [0.1, 0.15) is 69.1 Å². The van der Waals surface area contributed by atoms with Gasteiger partial charge in [0, 0.05) is 5.56 Å². The number of carbonyl (C=O) groups excluding carboxylic acids is 3. The van der Waals surface area contributed by atoms with E-state index >= 15 is 0 Å². The molecule has 0 unspecified atom stereocenters. The molecule has 3 amide bonds. The number of unbranched alkanes of at least 4 members (excludes halogenated alkanes) is 2. The van der Waals surface area contributed by atoms with Gasteiger partial charge in [-0.2, -0.15) is 0 Å². The number of nitrogens with one attached hydrogen (secondary N) is 1. The number of imidazole rings is 1. The van der Waals surface area contributed by atoms with Crippen LogP contribution in [0.5, 0.6) is 0 Å². The zero-order chi connectivity index (χ0) is 30.1. The molecule has 3 N–H and O–H groups in total. The van der Waals surface area contributed by atoms with E-state index in [1.165, 1.54) is 17.2 Å². The van der Waals surface area contributed by atoms with Gasteiger partial charge in [-0.05, 0) is 36.6 Å². The molecule has 43 heavy (non-hydrogen) atoms. The number of anilines is 1. The maximum atomic E-state index is 13.5. The Balaban J connectivity index is 1.29. The molecule has 2 aromatic carbocycles. The second-order valence-corrected chi connectivity index (χ2v) is 10.4. The second-order valence-electron chi connectivity index (χ2n) is 10.4. The number of aliphatic hydroxyl groups excluding tert-OH is 2. The number of hydroxylamine groups is 2. The molecule has 0 radical (unpaired) electrons. The van der Waals surface area contributed by atoms with Crippen molar-refractivity contribution in [2.45, 2.75) is 57.1 Å². The largest absolute Gasteiger partial charge is 0.394 e. The Hall–Kier alpha value is -4.56. The van der Waals surface area contributed by atoms with Crippen molar-refractivity contribution in [1.82, 2.24) is 24.6 Å². The van der Waals surface area contributed by atoms with Crippen LogP contribution in [0.15, 0.2) is 61.2 Å². The second kappa shape index (κ2) is 12.0. The molecule has 6 rings (SSSR count). The zero-order valence-electron chi connectivity index (χ0n) is 23.3. The van der Waals surface area contributed by atoms with Crippen molar-refractivity contribution in [1.29, 1.82) is 0 Å². The highest BCUT2D eigenvalue weighted by Crippen LogP contribution is 2.37. The number of nitrogens with zero attached hydrogens (tertiary/aromatic N) is 5. The number of hydrogen-bond acceptors (Lipinski definition) is 10. The first-order valence-electron chi connectivity index (χ1n) is 14.1. The molecule has 2 aromatic heterocycles. The first kappa shape index (κ1) is 28.6. The molecular formula is C30H30N6O7. The lowest BCUT2D eigenvalue weighted by atomic mass is 9.98. The van der Waals surface area contributed by atoms with Crippen LogP contribution in [-0.4, -0.2) is 77.4 Å². The van der Waals surface area contributed by atoms with Crippen LogP contribution in [0.3, 0.4) is 0 Å². The van der Waals surface area contributed by atoms with Gasteiger partial charge in [-0.25, -0.2) is 15.0 Å². The van der Waals surface area contributed by atoms with Gasteiger partial charge in [0.05, 0.1) is 24.1 Å². The lowest BCUT2D eigenvalue weighted by Gasteiger charge is -2.25. The van der Waals surface area contributed by atoms with Crippen LogP contribution in [0.4, 0.5) is 5.82 Å². The number of imide groups is 1. The Bertz CT molecular complexity index is 1680. The minimum atomic E-state index is -1.42. The summed E-state index contributed by atoms with van der Waals surface area (Å²) in [6.07, 6.45) is 1.13. The molecule has 0 saturated carbocycles. The van der Waals surface area contributed by atoms with Crippen molar-refractivity contribution in [3.05, 3.63) is 83.4 Å². The molecule has 0 bridgehead atoms. The van der Waals surface area contributed by atoms with E-state index in [4.69, 9.17) is 9.57 Å². The van der Waals surface area contributed by atoms with E-state index in [1.807, 2.05) is 6.07 Å². The molecule has 13 heteroatoms. The van der Waals surface area contributed by atoms with Gasteiger partial charge in [-0.3, -0.25) is 23.8 Å². The summed E-state index contributed by atoms with van der Waals surface area (Å²) in [5.74, 6) is -1.54. The van der Waals surface area contributed by atoms with Crippen molar-refractivity contribution in [3.8, 4) is 0 Å². The van der Waals surface area contributed by atoms with Crippen molar-refractivity contribution in [3.63, 3.8) is 0 Å². The highest BCUT2D eigenvalue weighted by Gasteiger charge is 2.50. The zero-order valence-corrected chi connectivity index (χ0v) is 23.3. The van der Waals surface area contributed by atoms with Gasteiger partial charge < -0.3 is 20.3 Å². The maximum absolute atomic E-state index is 13.5. The molecule has 0 aliphatic carbocycles. The Morgan fingerprint density at radius 2 is 1.86 bits per heavy atom. The van der Waals surface area contributed by atoms with Gasteiger partial charge in [-0.15, -0.1) is 5.06 Å². The van der Waals surface area contributed by atoms with Crippen LogP contribution in [0.2, 0.25) is 0 Å². The number of rotatable bonds is 10. The summed E-state index contributed by atoms with van der Waals surface area (Å²) in [6.45, 7) is 1.53. The lowest BCUT2D eigenvalue weighted by molar-refractivity contribution is -0.177. The third kappa shape index (κ3) is 5.16. The van der Waals surface area contributed by atoms with E-state index in [9.17, 15) is 24.6 Å². The SMILES string of the molecule is CCCCCc1cccc2c1C(=O)N(O[C@@H]1[C@H](O)[C@@H](CO)O[C@H]1n1cnc3c(NC(=O)c4ccccc4)ncnc31)C2=O. The lowest BCUT2D eigenvalue weighted by Crippen LogP contribution is -2.43. The number of aliphatic hydroxyl groups is 2. The minimum absolute atomic E-state index is 0.142. The topological polar surface area (TPSA) is 169 Å². The van der Waals surface area contributed by atoms with E-state index in [0.29, 0.717) is 17.0 Å². The fourth-order valence-corrected chi connectivity index (χ4v) is 5.43. The van der Waals surface area contributed by atoms with Crippen LogP contribution in [-0.2, 0) is 16.0 Å². The van der Waals surface area contributed by atoms with Crippen molar-refractivity contribution in [2.24, 2.45) is 0 Å². The molecular weight excluding hydrogens is 556 g/mol. The van der Waals surface area contributed by atoms with E-state index in [0.717, 1.165) is 24.8 Å². The van der Waals surface area contributed by atoms with Crippen molar-refractivity contribution in [2.75, 3.05) is 11.9 Å². The molecule has 0 spiro atoms. The average Bonchev–Trinajstić information content (AvgIpc) is 3.67. The minimum Gasteiger partial charge on any atom is -0.394 e. The molecule has 13 nitrogen and oxygen atoms in total. The van der Waals surface area contributed by atoms with Crippen LogP contribution in [0, 0.1) is 0 Å². The molecule has 4 heterocycles. The maximum Gasteiger partial charge on any atom is 0.286 e. The van der Waals surface area contributed by atoms with Crippen LogP contribution < -0.4 is 5.32 Å². The molecule has 4 aromatic rings. The summed E-state index contributed by atoms with van der Waals surface area (Å²) in [7, 11) is 0. The van der Waals surface area contributed by atoms with Crippen LogP contribution in [0.25, 0.3) is 11.2 Å². The summed E-state index contributed by atoms with van der Waals surface area (Å²) in [5.41, 5.74) is 2.14. The number of benzene rings is 2. The Labute approximate surface area is 246 Å². The van der Waals surface area contributed by atoms with Crippen molar-refractivity contribution >= 4 is 34.7 Å². The number of ether oxygens (including phenoxy) is 1. The summed E-state index contributed by atoms with van der Waals surface area (Å²) >= 11 is 0. The standard InChI is InChI=1S/C30H30N6O7/c1-2-3-5-9-17-12-8-13-19-21(17)29(41)36(28(19)40)43-24-23(38)20(14-37)42-30(24)35-16-33-22-25(31-15-32-26(22)35)34-27(39)18-10-6-4-7-11-18/h4,6-8,10-13,15-16,20,23-24,30,37-38H,2-3,5,9,14H2,1H3,(H,31,32,34,39)/t20-,23-,24-,30-/m1/s1. The summed E-state index contributed by atoms with van der Waals surface area (Å²) in [6, 6.07) is 13.7. The molecule has 2 aliphatic heterocycles. The molecule has 1 fully saturated rings. The summed E-state index contributed by atoms with van der Waals surface area (Å²) < 4.78 is 7.36. The summed E-state index contributed by atoms with van der Waals surface area (Å²) in [4.78, 5) is 58.3. The Kier molecular flexibility index (Phi) is 7.95. The highest BCUT2D eigenvalue weighted by molar-refractivity contribution is 6.21. The fraction of sp³-hybridized carbons (Fsp3) is 0.333. The fourth-order valence-electron chi connectivity index (χ4n) is 5.43. The first-order chi connectivity index (χ1) is 20.9. The number of fused-ring (bicyclic) bond motifs is 2. The van der Waals surface area contributed by atoms with Crippen LogP contribution >= 0.6 is 0 Å². The average molecular weight is 587 g/mol. The van der Waals surface area contributed by atoms with Gasteiger partial charge in [0.1, 0.15) is 18.5 Å². The number of amides is 3. The number of aryl methyl sites for hydroxylation is 1. The van der Waals surface area contributed by atoms with Gasteiger partial charge in [0.2, 0.25) is 0 Å². The monoisotopic (exact) mass is 586 g/mol. The van der Waals surface area contributed by atoms with E-state index < -0.39 is 48.9 Å². The Morgan fingerprint density at radius 3 is 2.63 bits per heavy atom. The molecule has 222 valence electrons. The van der Waals surface area contributed by atoms with Crippen molar-refractivity contribution < 1.29 is 34.2 Å². The molecule has 2 aliphatic rings. The third-order valence-corrected chi connectivity index (χ3v) is 7.63. The molecule has 1 saturated heterocycles. The van der Waals surface area contributed by atoms with Gasteiger partial charge in [0.25, 0.3) is 17.7 Å². The first-order valence-corrected chi connectivity index (χ1v) is 14.1. The van der Waals surface area contributed by atoms with Gasteiger partial charge >= 0.3 is 0 Å². The Morgan fingerprint density at radius 1 is 1.05 bits per heavy atom. The normalized spacial score (nSPS) is 21.5. The molecule has 4 atom stereocenters. The van der Waals surface area contributed by atoms with E-state index in [2.05, 4.69) is 27.2 Å².